The second-order valence-electron chi connectivity index (χ2n) is 3.91. The molecule has 5 heteroatoms. The fraction of sp³-hybridized carbons (Fsp3) is 0.778. The number of ether oxygens (including phenoxy) is 1. The Balaban J connectivity index is 2.89. The summed E-state index contributed by atoms with van der Waals surface area (Å²) in [4.78, 5) is 26.2. The van der Waals surface area contributed by atoms with Gasteiger partial charge in [-0.1, -0.05) is 0 Å². The zero-order valence-corrected chi connectivity index (χ0v) is 9.03. The van der Waals surface area contributed by atoms with Gasteiger partial charge in [0.25, 0.3) is 0 Å². The zero-order chi connectivity index (χ0) is 10.9. The predicted octanol–water partition coefficient (Wildman–Crippen LogP) is 0.305. The van der Waals surface area contributed by atoms with Crippen molar-refractivity contribution in [3.05, 3.63) is 0 Å². The Morgan fingerprint density at radius 3 is 2.50 bits per heavy atom. The summed E-state index contributed by atoms with van der Waals surface area (Å²) < 4.78 is 4.63. The summed E-state index contributed by atoms with van der Waals surface area (Å²) in [5.41, 5.74) is -0.805. The van der Waals surface area contributed by atoms with E-state index in [0.717, 1.165) is 0 Å². The van der Waals surface area contributed by atoms with Crippen LogP contribution in [0.15, 0.2) is 0 Å². The molecule has 0 aliphatic carbocycles. The maximum Gasteiger partial charge on any atom is 0.410 e. The van der Waals surface area contributed by atoms with Crippen LogP contribution >= 0.6 is 0 Å². The van der Waals surface area contributed by atoms with Crippen molar-refractivity contribution in [1.82, 2.24) is 9.80 Å². The quantitative estimate of drug-likeness (QED) is 0.565. The van der Waals surface area contributed by atoms with Gasteiger partial charge in [0.1, 0.15) is 5.54 Å². The Labute approximate surface area is 83.6 Å². The molecular weight excluding hydrogens is 184 g/mol. The van der Waals surface area contributed by atoms with Gasteiger partial charge < -0.3 is 9.64 Å². The Morgan fingerprint density at radius 2 is 2.00 bits per heavy atom. The number of hydrogen-bond donors (Lipinski definition) is 0. The molecule has 0 N–H and O–H groups in total. The van der Waals surface area contributed by atoms with Crippen LogP contribution in [0.25, 0.3) is 0 Å². The molecule has 0 aromatic rings. The van der Waals surface area contributed by atoms with E-state index in [1.807, 2.05) is 0 Å². The molecule has 0 aromatic carbocycles. The Morgan fingerprint density at radius 1 is 1.43 bits per heavy atom. The van der Waals surface area contributed by atoms with Gasteiger partial charge in [-0.3, -0.25) is 9.69 Å². The van der Waals surface area contributed by atoms with Crippen molar-refractivity contribution >= 4 is 12.0 Å². The summed E-state index contributed by atoms with van der Waals surface area (Å²) in [5.74, 6) is -0.0610. The summed E-state index contributed by atoms with van der Waals surface area (Å²) in [6.07, 6.45) is -0.448. The lowest BCUT2D eigenvalue weighted by molar-refractivity contribution is -0.145. The average Bonchev–Trinajstić information content (AvgIpc) is 2.13. The smallest absolute Gasteiger partial charge is 0.410 e. The third kappa shape index (κ3) is 1.54. The molecule has 0 aromatic heterocycles. The molecule has 0 unspecified atom stereocenters. The van der Waals surface area contributed by atoms with E-state index in [9.17, 15) is 9.59 Å². The number of carbonyl (C=O) groups excluding carboxylic acids is 2. The van der Waals surface area contributed by atoms with Crippen molar-refractivity contribution < 1.29 is 14.3 Å². The summed E-state index contributed by atoms with van der Waals surface area (Å²) >= 11 is 0. The number of hydrogen-bond acceptors (Lipinski definition) is 3. The molecule has 2 amide bonds. The molecular formula is C9H16N2O3. The maximum absolute atomic E-state index is 11.8. The van der Waals surface area contributed by atoms with Gasteiger partial charge in [0.05, 0.1) is 7.11 Å². The number of rotatable bonds is 0. The molecule has 0 bridgehead atoms. The van der Waals surface area contributed by atoms with Crippen LogP contribution in [-0.4, -0.2) is 54.6 Å². The van der Waals surface area contributed by atoms with Gasteiger partial charge >= 0.3 is 6.09 Å². The van der Waals surface area contributed by atoms with Gasteiger partial charge in [-0.05, 0) is 13.8 Å². The Hall–Kier alpha value is -1.26. The maximum atomic E-state index is 11.8. The van der Waals surface area contributed by atoms with Crippen LogP contribution in [0.5, 0.6) is 0 Å². The van der Waals surface area contributed by atoms with Crippen LogP contribution in [0.2, 0.25) is 0 Å². The van der Waals surface area contributed by atoms with Gasteiger partial charge in [-0.2, -0.15) is 0 Å². The first-order valence-corrected chi connectivity index (χ1v) is 4.52. The van der Waals surface area contributed by atoms with Crippen molar-refractivity contribution in [2.24, 2.45) is 0 Å². The van der Waals surface area contributed by atoms with Gasteiger partial charge in [0.2, 0.25) is 5.91 Å². The lowest BCUT2D eigenvalue weighted by Crippen LogP contribution is -2.63. The highest BCUT2D eigenvalue weighted by molar-refractivity contribution is 5.90. The molecule has 1 heterocycles. The largest absolute Gasteiger partial charge is 0.453 e. The third-order valence-electron chi connectivity index (χ3n) is 2.60. The Kier molecular flexibility index (Phi) is 2.69. The third-order valence-corrected chi connectivity index (χ3v) is 2.60. The molecule has 1 aliphatic rings. The molecule has 0 saturated carbocycles. The van der Waals surface area contributed by atoms with Crippen molar-refractivity contribution in [2.75, 3.05) is 27.2 Å². The van der Waals surface area contributed by atoms with E-state index in [4.69, 9.17) is 0 Å². The van der Waals surface area contributed by atoms with Gasteiger partial charge in [-0.15, -0.1) is 0 Å². The van der Waals surface area contributed by atoms with Crippen LogP contribution in [0.3, 0.4) is 0 Å². The molecule has 0 spiro atoms. The van der Waals surface area contributed by atoms with Gasteiger partial charge in [-0.25, -0.2) is 4.79 Å². The van der Waals surface area contributed by atoms with E-state index < -0.39 is 11.6 Å². The second-order valence-corrected chi connectivity index (χ2v) is 3.91. The molecule has 0 atom stereocenters. The van der Waals surface area contributed by atoms with Crippen LogP contribution in [0.4, 0.5) is 4.79 Å². The van der Waals surface area contributed by atoms with Crippen molar-refractivity contribution in [3.63, 3.8) is 0 Å². The van der Waals surface area contributed by atoms with Crippen molar-refractivity contribution in [2.45, 2.75) is 19.4 Å². The monoisotopic (exact) mass is 200 g/mol. The number of carbonyl (C=O) groups is 2. The molecule has 14 heavy (non-hydrogen) atoms. The summed E-state index contributed by atoms with van der Waals surface area (Å²) in [6, 6.07) is 0. The highest BCUT2D eigenvalue weighted by Gasteiger charge is 2.43. The van der Waals surface area contributed by atoms with Crippen molar-refractivity contribution in [3.8, 4) is 0 Å². The minimum Gasteiger partial charge on any atom is -0.453 e. The van der Waals surface area contributed by atoms with E-state index in [1.165, 1.54) is 12.0 Å². The average molecular weight is 200 g/mol. The first-order valence-electron chi connectivity index (χ1n) is 4.52. The summed E-state index contributed by atoms with van der Waals surface area (Å²) in [7, 11) is 3.06. The molecule has 1 fully saturated rings. The zero-order valence-electron chi connectivity index (χ0n) is 9.03. The number of amides is 2. The normalized spacial score (nSPS) is 21.0. The predicted molar refractivity (Wildman–Crippen MR) is 50.8 cm³/mol. The van der Waals surface area contributed by atoms with Crippen LogP contribution in [0.1, 0.15) is 13.8 Å². The molecule has 1 saturated heterocycles. The van der Waals surface area contributed by atoms with E-state index in [2.05, 4.69) is 4.74 Å². The van der Waals surface area contributed by atoms with Gasteiger partial charge in [0, 0.05) is 20.1 Å². The summed E-state index contributed by atoms with van der Waals surface area (Å²) in [5, 5.41) is 0. The van der Waals surface area contributed by atoms with Crippen LogP contribution in [-0.2, 0) is 9.53 Å². The molecule has 1 aliphatic heterocycles. The fourth-order valence-electron chi connectivity index (χ4n) is 1.64. The van der Waals surface area contributed by atoms with Gasteiger partial charge in [0.15, 0.2) is 0 Å². The standard InChI is InChI=1S/C9H16N2O3/c1-9(2)7(12)10(3)5-6-11(9)8(13)14-4/h5-6H2,1-4H3. The topological polar surface area (TPSA) is 49.9 Å². The number of piperazine rings is 1. The Bertz CT molecular complexity index is 263. The van der Waals surface area contributed by atoms with Crippen LogP contribution < -0.4 is 0 Å². The first-order chi connectivity index (χ1) is 6.41. The van der Waals surface area contributed by atoms with Crippen LogP contribution in [0, 0.1) is 0 Å². The molecule has 80 valence electrons. The highest BCUT2D eigenvalue weighted by Crippen LogP contribution is 2.22. The first kappa shape index (κ1) is 10.8. The highest BCUT2D eigenvalue weighted by atomic mass is 16.5. The fourth-order valence-corrected chi connectivity index (χ4v) is 1.64. The number of nitrogens with zero attached hydrogens (tertiary/aromatic N) is 2. The minimum atomic E-state index is -0.805. The minimum absolute atomic E-state index is 0.0610. The molecule has 0 radical (unpaired) electrons. The second kappa shape index (κ2) is 3.48. The van der Waals surface area contributed by atoms with E-state index in [-0.39, 0.29) is 5.91 Å². The SMILES string of the molecule is COC(=O)N1CCN(C)C(=O)C1(C)C. The van der Waals surface area contributed by atoms with E-state index in [1.54, 1.807) is 25.8 Å². The lowest BCUT2D eigenvalue weighted by atomic mass is 9.98. The number of methoxy groups -OCH3 is 1. The van der Waals surface area contributed by atoms with E-state index >= 15 is 0 Å². The molecule has 5 nitrogen and oxygen atoms in total. The lowest BCUT2D eigenvalue weighted by Gasteiger charge is -2.43. The summed E-state index contributed by atoms with van der Waals surface area (Å²) in [6.45, 7) is 4.52. The van der Waals surface area contributed by atoms with Crippen molar-refractivity contribution in [1.29, 1.82) is 0 Å². The molecule has 1 rings (SSSR count). The number of likely N-dealkylation sites (N-methyl/N-ethyl adjacent to an activating group) is 1. The van der Waals surface area contributed by atoms with E-state index in [0.29, 0.717) is 13.1 Å².